The van der Waals surface area contributed by atoms with E-state index in [0.29, 0.717) is 19.0 Å². The fraction of sp³-hybridized carbons (Fsp3) is 0.562. The van der Waals surface area contributed by atoms with E-state index in [1.165, 1.54) is 0 Å². The van der Waals surface area contributed by atoms with Crippen LogP contribution in [0, 0.1) is 0 Å². The van der Waals surface area contributed by atoms with Gasteiger partial charge in [-0.05, 0) is 39.8 Å². The highest BCUT2D eigenvalue weighted by Gasteiger charge is 2.10. The molecule has 0 unspecified atom stereocenters. The Kier molecular flexibility index (Phi) is 7.43. The van der Waals surface area contributed by atoms with Crippen LogP contribution in [0.3, 0.4) is 0 Å². The molecule has 118 valence electrons. The van der Waals surface area contributed by atoms with Crippen molar-refractivity contribution >= 4 is 11.6 Å². The molecule has 0 spiro atoms. The first-order chi connectivity index (χ1) is 10.2. The van der Waals surface area contributed by atoms with Crippen molar-refractivity contribution in [2.24, 2.45) is 0 Å². The number of carbonyl (C=O) groups excluding carboxylic acids is 1. The van der Waals surface area contributed by atoms with Crippen molar-refractivity contribution in [3.05, 3.63) is 18.2 Å². The van der Waals surface area contributed by atoms with E-state index >= 15 is 0 Å². The third kappa shape index (κ3) is 5.17. The molecule has 1 aromatic carbocycles. The normalized spacial score (nSPS) is 10.1. The summed E-state index contributed by atoms with van der Waals surface area (Å²) in [6.07, 6.45) is 0. The Morgan fingerprint density at radius 3 is 2.24 bits per heavy atom. The topological polar surface area (TPSA) is 50.8 Å². The Hall–Kier alpha value is -1.91. The number of nitrogens with zero attached hydrogens (tertiary/aromatic N) is 1. The van der Waals surface area contributed by atoms with Crippen molar-refractivity contribution in [2.75, 3.05) is 38.2 Å². The van der Waals surface area contributed by atoms with Crippen LogP contribution in [0.5, 0.6) is 11.5 Å². The van der Waals surface area contributed by atoms with Crippen molar-refractivity contribution in [3.8, 4) is 11.5 Å². The minimum atomic E-state index is 0.0897. The van der Waals surface area contributed by atoms with Crippen molar-refractivity contribution in [3.63, 3.8) is 0 Å². The first kappa shape index (κ1) is 17.1. The third-order valence-electron chi connectivity index (χ3n) is 3.10. The largest absolute Gasteiger partial charge is 0.490 e. The number of benzene rings is 1. The summed E-state index contributed by atoms with van der Waals surface area (Å²) in [6.45, 7) is 10.7. The molecule has 0 saturated carbocycles. The van der Waals surface area contributed by atoms with Crippen molar-refractivity contribution in [1.82, 2.24) is 4.90 Å². The molecule has 0 aromatic heterocycles. The molecule has 0 saturated heterocycles. The van der Waals surface area contributed by atoms with E-state index in [1.807, 2.05) is 45.9 Å². The summed E-state index contributed by atoms with van der Waals surface area (Å²) < 4.78 is 11.1. The van der Waals surface area contributed by atoms with Gasteiger partial charge in [0.1, 0.15) is 0 Å². The van der Waals surface area contributed by atoms with Crippen LogP contribution in [0.15, 0.2) is 18.2 Å². The number of amides is 1. The number of rotatable bonds is 9. The van der Waals surface area contributed by atoms with Gasteiger partial charge in [-0.25, -0.2) is 0 Å². The van der Waals surface area contributed by atoms with E-state index in [4.69, 9.17) is 9.47 Å². The molecule has 5 nitrogen and oxygen atoms in total. The van der Waals surface area contributed by atoms with Crippen LogP contribution in [0.4, 0.5) is 5.69 Å². The third-order valence-corrected chi connectivity index (χ3v) is 3.10. The van der Waals surface area contributed by atoms with Gasteiger partial charge in [-0.2, -0.15) is 0 Å². The van der Waals surface area contributed by atoms with Crippen molar-refractivity contribution in [2.45, 2.75) is 27.7 Å². The first-order valence-electron chi connectivity index (χ1n) is 7.57. The maximum Gasteiger partial charge on any atom is 0.241 e. The van der Waals surface area contributed by atoms with Crippen LogP contribution in [-0.2, 0) is 4.79 Å². The highest BCUT2D eigenvalue weighted by atomic mass is 16.5. The van der Waals surface area contributed by atoms with Gasteiger partial charge in [0.15, 0.2) is 11.5 Å². The molecule has 0 aliphatic heterocycles. The number of anilines is 1. The molecule has 1 amide bonds. The van der Waals surface area contributed by atoms with Crippen molar-refractivity contribution in [1.29, 1.82) is 0 Å². The number of nitrogens with one attached hydrogen (secondary N) is 1. The molecule has 0 bridgehead atoms. The van der Waals surface area contributed by atoms with E-state index in [0.717, 1.165) is 24.5 Å². The Morgan fingerprint density at radius 2 is 1.67 bits per heavy atom. The molecule has 1 N–H and O–H groups in total. The Bertz CT molecular complexity index is 445. The van der Waals surface area contributed by atoms with Gasteiger partial charge in [0, 0.05) is 24.8 Å². The zero-order valence-corrected chi connectivity index (χ0v) is 13.4. The number of carbonyl (C=O) groups is 1. The lowest BCUT2D eigenvalue weighted by molar-refractivity contribution is -0.128. The molecule has 0 radical (unpaired) electrons. The van der Waals surface area contributed by atoms with Crippen molar-refractivity contribution < 1.29 is 14.3 Å². The van der Waals surface area contributed by atoms with Crippen LogP contribution < -0.4 is 14.8 Å². The van der Waals surface area contributed by atoms with Gasteiger partial charge in [-0.15, -0.1) is 0 Å². The monoisotopic (exact) mass is 294 g/mol. The van der Waals surface area contributed by atoms with E-state index in [9.17, 15) is 4.79 Å². The van der Waals surface area contributed by atoms with Crippen LogP contribution in [0.1, 0.15) is 27.7 Å². The second-order valence-electron chi connectivity index (χ2n) is 4.45. The van der Waals surface area contributed by atoms with Crippen LogP contribution >= 0.6 is 0 Å². The number of likely N-dealkylation sites (N-methyl/N-ethyl adjacent to an activating group) is 1. The van der Waals surface area contributed by atoms with Gasteiger partial charge < -0.3 is 19.7 Å². The summed E-state index contributed by atoms with van der Waals surface area (Å²) in [5, 5.41) is 3.13. The second-order valence-corrected chi connectivity index (χ2v) is 4.45. The van der Waals surface area contributed by atoms with Crippen LogP contribution in [0.25, 0.3) is 0 Å². The molecule has 0 heterocycles. The van der Waals surface area contributed by atoms with Gasteiger partial charge in [0.25, 0.3) is 0 Å². The average molecular weight is 294 g/mol. The Morgan fingerprint density at radius 1 is 1.05 bits per heavy atom. The smallest absolute Gasteiger partial charge is 0.241 e. The van der Waals surface area contributed by atoms with Gasteiger partial charge in [0.05, 0.1) is 19.8 Å². The lowest BCUT2D eigenvalue weighted by Crippen LogP contribution is -2.35. The fourth-order valence-corrected chi connectivity index (χ4v) is 2.03. The predicted octanol–water partition coefficient (Wildman–Crippen LogP) is 2.76. The van der Waals surface area contributed by atoms with Crippen LogP contribution in [-0.4, -0.2) is 43.7 Å². The molecular weight excluding hydrogens is 268 g/mol. The number of hydrogen-bond donors (Lipinski definition) is 1. The molecule has 1 aromatic rings. The second kappa shape index (κ2) is 9.10. The molecule has 0 aliphatic carbocycles. The molecule has 5 heteroatoms. The standard InChI is InChI=1S/C16H26N2O3/c1-5-18(6-2)16(19)12-17-13-9-10-14(20-7-3)15(11-13)21-8-4/h9-11,17H,5-8,12H2,1-4H3. The zero-order chi connectivity index (χ0) is 15.7. The Labute approximate surface area is 127 Å². The van der Waals surface area contributed by atoms with E-state index in [2.05, 4.69) is 5.32 Å². The van der Waals surface area contributed by atoms with Gasteiger partial charge in [0.2, 0.25) is 5.91 Å². The molecular formula is C16H26N2O3. The molecule has 0 atom stereocenters. The number of hydrogen-bond acceptors (Lipinski definition) is 4. The quantitative estimate of drug-likeness (QED) is 0.761. The average Bonchev–Trinajstić information content (AvgIpc) is 2.49. The molecule has 1 rings (SSSR count). The maximum atomic E-state index is 12.0. The summed E-state index contributed by atoms with van der Waals surface area (Å²) in [5.41, 5.74) is 0.849. The minimum Gasteiger partial charge on any atom is -0.490 e. The summed E-state index contributed by atoms with van der Waals surface area (Å²) in [7, 11) is 0. The zero-order valence-electron chi connectivity index (χ0n) is 13.4. The van der Waals surface area contributed by atoms with E-state index < -0.39 is 0 Å². The Balaban J connectivity index is 2.71. The maximum absolute atomic E-state index is 12.0. The van der Waals surface area contributed by atoms with E-state index in [1.54, 1.807) is 4.90 Å². The van der Waals surface area contributed by atoms with Crippen LogP contribution in [0.2, 0.25) is 0 Å². The first-order valence-corrected chi connectivity index (χ1v) is 7.57. The molecule has 0 fully saturated rings. The summed E-state index contributed by atoms with van der Waals surface area (Å²) in [4.78, 5) is 13.8. The SMILES string of the molecule is CCOc1ccc(NCC(=O)N(CC)CC)cc1OCC. The molecule has 21 heavy (non-hydrogen) atoms. The molecule has 0 aliphatic rings. The predicted molar refractivity (Wildman–Crippen MR) is 85.2 cm³/mol. The van der Waals surface area contributed by atoms with Gasteiger partial charge >= 0.3 is 0 Å². The minimum absolute atomic E-state index is 0.0897. The lowest BCUT2D eigenvalue weighted by atomic mass is 10.2. The number of ether oxygens (including phenoxy) is 2. The fourth-order valence-electron chi connectivity index (χ4n) is 2.03. The lowest BCUT2D eigenvalue weighted by Gasteiger charge is -2.19. The summed E-state index contributed by atoms with van der Waals surface area (Å²) in [6, 6.07) is 5.62. The van der Waals surface area contributed by atoms with E-state index in [-0.39, 0.29) is 12.5 Å². The summed E-state index contributed by atoms with van der Waals surface area (Å²) >= 11 is 0. The highest BCUT2D eigenvalue weighted by molar-refractivity contribution is 5.81. The highest BCUT2D eigenvalue weighted by Crippen LogP contribution is 2.30. The van der Waals surface area contributed by atoms with Gasteiger partial charge in [-0.1, -0.05) is 0 Å². The van der Waals surface area contributed by atoms with Gasteiger partial charge in [-0.3, -0.25) is 4.79 Å². The summed E-state index contributed by atoms with van der Waals surface area (Å²) in [5.74, 6) is 1.51.